The topological polar surface area (TPSA) is 73.8 Å². The average molecular weight is 306 g/mol. The predicted octanol–water partition coefficient (Wildman–Crippen LogP) is 2.97. The van der Waals surface area contributed by atoms with E-state index in [0.717, 1.165) is 16.8 Å². The Kier molecular flexibility index (Phi) is 4.19. The largest absolute Gasteiger partial charge is 0.380 e. The molecule has 0 amide bonds. The number of ketones is 1. The van der Waals surface area contributed by atoms with Crippen LogP contribution in [0.1, 0.15) is 28.0 Å². The van der Waals surface area contributed by atoms with Gasteiger partial charge in [0.1, 0.15) is 0 Å². The highest BCUT2D eigenvalue weighted by molar-refractivity contribution is 5.98. The molecular weight excluding hydrogens is 288 g/mol. The van der Waals surface area contributed by atoms with E-state index in [1.165, 1.54) is 4.80 Å². The first-order valence-corrected chi connectivity index (χ1v) is 7.50. The van der Waals surface area contributed by atoms with Gasteiger partial charge in [0.2, 0.25) is 0 Å². The van der Waals surface area contributed by atoms with Crippen LogP contribution in [0.4, 0.5) is 5.82 Å². The molecule has 0 aliphatic heterocycles. The zero-order chi connectivity index (χ0) is 16.2. The number of rotatable bonds is 5. The maximum atomic E-state index is 12.3. The number of carbonyl (C=O) groups is 1. The first-order valence-electron chi connectivity index (χ1n) is 7.50. The van der Waals surface area contributed by atoms with E-state index in [0.29, 0.717) is 12.8 Å². The van der Waals surface area contributed by atoms with Crippen molar-refractivity contribution in [2.24, 2.45) is 0 Å². The van der Waals surface area contributed by atoms with Crippen LogP contribution >= 0.6 is 0 Å². The van der Waals surface area contributed by atoms with E-state index in [2.05, 4.69) is 10.2 Å². The fourth-order valence-corrected chi connectivity index (χ4v) is 2.33. The SMILES string of the molecule is Cc1ccc(-n2nc(N)c(C(=O)CCc3ccccc3)n2)cc1. The number of hydrogen-bond donors (Lipinski definition) is 1. The molecule has 0 spiro atoms. The molecule has 116 valence electrons. The summed E-state index contributed by atoms with van der Waals surface area (Å²) in [5.41, 5.74) is 9.14. The second-order valence-electron chi connectivity index (χ2n) is 5.47. The van der Waals surface area contributed by atoms with Gasteiger partial charge < -0.3 is 5.73 Å². The lowest BCUT2D eigenvalue weighted by Gasteiger charge is -2.00. The lowest BCUT2D eigenvalue weighted by atomic mass is 10.1. The minimum Gasteiger partial charge on any atom is -0.380 e. The number of Topliss-reactive ketones (excluding diaryl/α,β-unsaturated/α-hetero) is 1. The van der Waals surface area contributed by atoms with Crippen molar-refractivity contribution in [3.8, 4) is 5.69 Å². The van der Waals surface area contributed by atoms with Gasteiger partial charge in [-0.1, -0.05) is 48.0 Å². The second kappa shape index (κ2) is 6.44. The monoisotopic (exact) mass is 306 g/mol. The normalized spacial score (nSPS) is 10.7. The summed E-state index contributed by atoms with van der Waals surface area (Å²) in [6.07, 6.45) is 1.03. The molecule has 0 bridgehead atoms. The number of aryl methyl sites for hydroxylation is 2. The van der Waals surface area contributed by atoms with E-state index in [1.54, 1.807) is 0 Å². The van der Waals surface area contributed by atoms with Crippen molar-refractivity contribution < 1.29 is 4.79 Å². The second-order valence-corrected chi connectivity index (χ2v) is 5.47. The van der Waals surface area contributed by atoms with Gasteiger partial charge in [-0.15, -0.1) is 15.0 Å². The van der Waals surface area contributed by atoms with Crippen molar-refractivity contribution in [3.05, 3.63) is 71.4 Å². The zero-order valence-corrected chi connectivity index (χ0v) is 12.9. The molecule has 0 aliphatic carbocycles. The highest BCUT2D eigenvalue weighted by Crippen LogP contribution is 2.14. The standard InChI is InChI=1S/C18H18N4O/c1-13-7-10-15(11-8-13)22-20-17(18(19)21-22)16(23)12-9-14-5-3-2-4-6-14/h2-8,10-11H,9,12H2,1H3,(H2,19,21). The molecule has 1 aromatic heterocycles. The van der Waals surface area contributed by atoms with E-state index in [1.807, 2.05) is 61.5 Å². The van der Waals surface area contributed by atoms with E-state index in [-0.39, 0.29) is 17.3 Å². The fraction of sp³-hybridized carbons (Fsp3) is 0.167. The molecule has 23 heavy (non-hydrogen) atoms. The average Bonchev–Trinajstić information content (AvgIpc) is 2.96. The van der Waals surface area contributed by atoms with Gasteiger partial charge >= 0.3 is 0 Å². The number of nitrogens with two attached hydrogens (primary N) is 1. The van der Waals surface area contributed by atoms with Crippen molar-refractivity contribution in [2.75, 3.05) is 5.73 Å². The number of benzene rings is 2. The lowest BCUT2D eigenvalue weighted by Crippen LogP contribution is -2.06. The summed E-state index contributed by atoms with van der Waals surface area (Å²) in [6, 6.07) is 17.6. The Balaban J connectivity index is 1.75. The molecule has 2 N–H and O–H groups in total. The Morgan fingerprint density at radius 1 is 1.04 bits per heavy atom. The smallest absolute Gasteiger partial charge is 0.187 e. The molecule has 1 heterocycles. The number of anilines is 1. The molecule has 3 aromatic rings. The number of aromatic nitrogens is 3. The fourth-order valence-electron chi connectivity index (χ4n) is 2.33. The zero-order valence-electron chi connectivity index (χ0n) is 12.9. The predicted molar refractivity (Wildman–Crippen MR) is 89.6 cm³/mol. The first kappa shape index (κ1) is 15.0. The molecule has 0 saturated carbocycles. The van der Waals surface area contributed by atoms with Crippen molar-refractivity contribution in [1.29, 1.82) is 0 Å². The van der Waals surface area contributed by atoms with Crippen LogP contribution in [0.3, 0.4) is 0 Å². The molecule has 0 fully saturated rings. The van der Waals surface area contributed by atoms with Gasteiger partial charge in [0.25, 0.3) is 0 Å². The molecule has 0 radical (unpaired) electrons. The number of hydrogen-bond acceptors (Lipinski definition) is 4. The Hall–Kier alpha value is -2.95. The summed E-state index contributed by atoms with van der Waals surface area (Å²) < 4.78 is 0. The molecule has 2 aromatic carbocycles. The number of nitrogens with zero attached hydrogens (tertiary/aromatic N) is 3. The van der Waals surface area contributed by atoms with Crippen molar-refractivity contribution in [3.63, 3.8) is 0 Å². The summed E-state index contributed by atoms with van der Waals surface area (Å²) in [5, 5.41) is 8.40. The molecule has 0 aliphatic rings. The summed E-state index contributed by atoms with van der Waals surface area (Å²) in [7, 11) is 0. The molecular formula is C18H18N4O. The first-order chi connectivity index (χ1) is 11.1. The van der Waals surface area contributed by atoms with Gasteiger partial charge in [0.05, 0.1) is 5.69 Å². The third kappa shape index (κ3) is 3.45. The van der Waals surface area contributed by atoms with Crippen LogP contribution < -0.4 is 5.73 Å². The Morgan fingerprint density at radius 3 is 2.43 bits per heavy atom. The van der Waals surface area contributed by atoms with Crippen LogP contribution in [0.2, 0.25) is 0 Å². The van der Waals surface area contributed by atoms with Gasteiger partial charge in [-0.2, -0.15) is 0 Å². The molecule has 5 heteroatoms. The quantitative estimate of drug-likeness (QED) is 0.735. The molecule has 0 unspecified atom stereocenters. The van der Waals surface area contributed by atoms with Crippen LogP contribution in [0.25, 0.3) is 5.69 Å². The Labute approximate surface area is 134 Å². The minimum atomic E-state index is -0.0929. The van der Waals surface area contributed by atoms with Gasteiger partial charge in [-0.05, 0) is 31.0 Å². The van der Waals surface area contributed by atoms with Gasteiger partial charge in [-0.3, -0.25) is 4.79 Å². The Morgan fingerprint density at radius 2 is 1.74 bits per heavy atom. The summed E-state index contributed by atoms with van der Waals surface area (Å²) >= 11 is 0. The van der Waals surface area contributed by atoms with Gasteiger partial charge in [0.15, 0.2) is 17.3 Å². The summed E-state index contributed by atoms with van der Waals surface area (Å²) in [6.45, 7) is 2.01. The molecule has 5 nitrogen and oxygen atoms in total. The maximum Gasteiger partial charge on any atom is 0.187 e. The maximum absolute atomic E-state index is 12.3. The van der Waals surface area contributed by atoms with E-state index in [9.17, 15) is 4.79 Å². The molecule has 0 saturated heterocycles. The minimum absolute atomic E-state index is 0.0929. The van der Waals surface area contributed by atoms with Crippen LogP contribution in [0.5, 0.6) is 0 Å². The summed E-state index contributed by atoms with van der Waals surface area (Å²) in [5.74, 6) is 0.0772. The third-order valence-electron chi connectivity index (χ3n) is 3.65. The van der Waals surface area contributed by atoms with Crippen LogP contribution in [-0.4, -0.2) is 20.8 Å². The van der Waals surface area contributed by atoms with E-state index >= 15 is 0 Å². The highest BCUT2D eigenvalue weighted by Gasteiger charge is 2.17. The highest BCUT2D eigenvalue weighted by atomic mass is 16.1. The number of nitrogen functional groups attached to an aromatic ring is 1. The summed E-state index contributed by atoms with van der Waals surface area (Å²) in [4.78, 5) is 13.7. The Bertz CT molecular complexity index is 807. The van der Waals surface area contributed by atoms with Crippen LogP contribution in [-0.2, 0) is 6.42 Å². The third-order valence-corrected chi connectivity index (χ3v) is 3.65. The molecule has 3 rings (SSSR count). The molecule has 0 atom stereocenters. The van der Waals surface area contributed by atoms with Crippen molar-refractivity contribution in [1.82, 2.24) is 15.0 Å². The van der Waals surface area contributed by atoms with E-state index in [4.69, 9.17) is 5.73 Å². The van der Waals surface area contributed by atoms with Crippen molar-refractivity contribution in [2.45, 2.75) is 19.8 Å². The van der Waals surface area contributed by atoms with Crippen molar-refractivity contribution >= 4 is 11.6 Å². The van der Waals surface area contributed by atoms with Crippen LogP contribution in [0.15, 0.2) is 54.6 Å². The number of carbonyl (C=O) groups excluding carboxylic acids is 1. The lowest BCUT2D eigenvalue weighted by molar-refractivity contribution is 0.0978. The van der Waals surface area contributed by atoms with Crippen LogP contribution in [0, 0.1) is 6.92 Å². The van der Waals surface area contributed by atoms with Gasteiger partial charge in [0, 0.05) is 6.42 Å². The van der Waals surface area contributed by atoms with E-state index < -0.39 is 0 Å². The van der Waals surface area contributed by atoms with Gasteiger partial charge in [-0.25, -0.2) is 0 Å².